The van der Waals surface area contributed by atoms with E-state index in [1.54, 1.807) is 0 Å². The second-order valence-corrected chi connectivity index (χ2v) is 12.0. The number of allylic oxidation sites excluding steroid dienone is 2. The summed E-state index contributed by atoms with van der Waals surface area (Å²) in [5.41, 5.74) is 7.89. The van der Waals surface area contributed by atoms with Crippen LogP contribution in [0.15, 0.2) is 150 Å². The minimum Gasteiger partial charge on any atom is -0.484 e. The lowest BCUT2D eigenvalue weighted by Crippen LogP contribution is -2.15. The lowest BCUT2D eigenvalue weighted by atomic mass is 9.85. The third kappa shape index (κ3) is 3.31. The Balaban J connectivity index is 1.26. The maximum atomic E-state index is 6.57. The third-order valence-corrected chi connectivity index (χ3v) is 9.57. The fourth-order valence-electron chi connectivity index (χ4n) is 7.61. The molecule has 206 valence electrons. The second-order valence-electron chi connectivity index (χ2n) is 12.0. The van der Waals surface area contributed by atoms with E-state index >= 15 is 0 Å². The summed E-state index contributed by atoms with van der Waals surface area (Å²) in [7, 11) is 0. The first-order valence-corrected chi connectivity index (χ1v) is 15.3. The van der Waals surface area contributed by atoms with Crippen molar-refractivity contribution in [1.82, 2.24) is 0 Å². The van der Waals surface area contributed by atoms with Crippen molar-refractivity contribution in [1.29, 1.82) is 0 Å². The molecule has 2 nitrogen and oxygen atoms in total. The monoisotopic (exact) mass is 562 g/mol. The molecule has 2 heterocycles. The maximum Gasteiger partial charge on any atom is 0.139 e. The van der Waals surface area contributed by atoms with Gasteiger partial charge in [-0.2, -0.15) is 0 Å². The van der Waals surface area contributed by atoms with Crippen LogP contribution in [0.4, 0.5) is 0 Å². The molecule has 2 aliphatic rings. The van der Waals surface area contributed by atoms with Crippen molar-refractivity contribution < 1.29 is 9.15 Å². The largest absolute Gasteiger partial charge is 0.484 e. The van der Waals surface area contributed by atoms with Crippen molar-refractivity contribution in [3.63, 3.8) is 0 Å². The molecule has 1 aromatic heterocycles. The Hall–Kier alpha value is -5.60. The Kier molecular flexibility index (Phi) is 4.86. The molecule has 0 saturated heterocycles. The molecule has 0 bridgehead atoms. The van der Waals surface area contributed by atoms with E-state index < -0.39 is 0 Å². The summed E-state index contributed by atoms with van der Waals surface area (Å²) in [6.45, 7) is 0. The quantitative estimate of drug-likeness (QED) is 0.196. The highest BCUT2D eigenvalue weighted by atomic mass is 16.5. The number of ether oxygens (including phenoxy) is 1. The van der Waals surface area contributed by atoms with Crippen molar-refractivity contribution in [3.05, 3.63) is 151 Å². The second kappa shape index (κ2) is 8.95. The average molecular weight is 563 g/mol. The lowest BCUT2D eigenvalue weighted by molar-refractivity contribution is 0.271. The molecule has 1 aliphatic heterocycles. The highest BCUT2D eigenvalue weighted by Gasteiger charge is 2.34. The lowest BCUT2D eigenvalue weighted by Gasteiger charge is -2.18. The zero-order chi connectivity index (χ0) is 28.8. The zero-order valence-electron chi connectivity index (χ0n) is 23.8. The normalized spacial score (nSPS) is 17.1. The molecule has 7 aromatic carbocycles. The van der Waals surface area contributed by atoms with E-state index in [0.717, 1.165) is 27.7 Å². The van der Waals surface area contributed by atoms with Gasteiger partial charge in [0, 0.05) is 16.9 Å². The molecule has 0 N–H and O–H groups in total. The van der Waals surface area contributed by atoms with Crippen LogP contribution < -0.4 is 4.74 Å². The van der Waals surface area contributed by atoms with Gasteiger partial charge >= 0.3 is 0 Å². The van der Waals surface area contributed by atoms with Gasteiger partial charge in [-0.05, 0) is 84.9 Å². The van der Waals surface area contributed by atoms with Crippen LogP contribution in [0.25, 0.3) is 76.5 Å². The molecule has 0 fully saturated rings. The van der Waals surface area contributed by atoms with Gasteiger partial charge in [-0.25, -0.2) is 0 Å². The Labute approximate surface area is 254 Å². The van der Waals surface area contributed by atoms with Crippen molar-refractivity contribution in [2.45, 2.75) is 12.0 Å². The van der Waals surface area contributed by atoms with Gasteiger partial charge in [0.15, 0.2) is 0 Å². The number of rotatable bonds is 2. The van der Waals surface area contributed by atoms with Gasteiger partial charge in [-0.3, -0.25) is 0 Å². The number of furan rings is 1. The maximum absolute atomic E-state index is 6.57. The van der Waals surface area contributed by atoms with Gasteiger partial charge in [-0.15, -0.1) is 0 Å². The van der Waals surface area contributed by atoms with Crippen LogP contribution in [0.3, 0.4) is 0 Å². The highest BCUT2D eigenvalue weighted by Crippen LogP contribution is 2.50. The van der Waals surface area contributed by atoms with Crippen LogP contribution in [0.1, 0.15) is 11.5 Å². The van der Waals surface area contributed by atoms with Crippen LogP contribution in [0.5, 0.6) is 5.75 Å². The molecular formula is C42H26O2. The summed E-state index contributed by atoms with van der Waals surface area (Å²) < 4.78 is 13.0. The molecule has 0 saturated carbocycles. The summed E-state index contributed by atoms with van der Waals surface area (Å²) in [4.78, 5) is 0. The smallest absolute Gasteiger partial charge is 0.139 e. The first-order chi connectivity index (χ1) is 21.8. The molecule has 0 radical (unpaired) electrons. The zero-order valence-corrected chi connectivity index (χ0v) is 23.8. The van der Waals surface area contributed by atoms with Crippen molar-refractivity contribution in [2.75, 3.05) is 0 Å². The summed E-state index contributed by atoms with van der Waals surface area (Å²) in [6.07, 6.45) is 8.62. The van der Waals surface area contributed by atoms with E-state index in [9.17, 15) is 0 Å². The minimum atomic E-state index is 0.0317. The summed E-state index contributed by atoms with van der Waals surface area (Å²) in [5.74, 6) is 1.19. The number of benzene rings is 7. The number of hydrogen-bond acceptors (Lipinski definition) is 2. The van der Waals surface area contributed by atoms with Gasteiger partial charge < -0.3 is 9.15 Å². The molecular weight excluding hydrogens is 536 g/mol. The SMILES string of the molecule is C1=CC2Oc3c(ccc4oc5ccc(-c6c7ccccc7c(-c7ccc8ccccc8c7)c7ccccc67)cc5c34)C2C=C1. The first-order valence-electron chi connectivity index (χ1n) is 15.3. The van der Waals surface area contributed by atoms with E-state index in [1.807, 2.05) is 0 Å². The predicted molar refractivity (Wildman–Crippen MR) is 183 cm³/mol. The molecule has 1 aliphatic carbocycles. The molecule has 8 aromatic rings. The number of fused-ring (bicyclic) bond motifs is 10. The summed E-state index contributed by atoms with van der Waals surface area (Å²) in [6, 6.07) is 44.0. The van der Waals surface area contributed by atoms with Gasteiger partial charge in [0.1, 0.15) is 23.0 Å². The van der Waals surface area contributed by atoms with E-state index in [4.69, 9.17) is 9.15 Å². The molecule has 0 amide bonds. The molecule has 10 rings (SSSR count). The van der Waals surface area contributed by atoms with Crippen molar-refractivity contribution in [3.8, 4) is 28.0 Å². The van der Waals surface area contributed by atoms with Crippen LogP contribution in [0.2, 0.25) is 0 Å². The minimum absolute atomic E-state index is 0.0317. The van der Waals surface area contributed by atoms with Gasteiger partial charge in [0.05, 0.1) is 5.39 Å². The average Bonchev–Trinajstić information content (AvgIpc) is 3.65. The predicted octanol–water partition coefficient (Wildman–Crippen LogP) is 11.4. The standard InChI is InChI=1S/C42H26O2/c1-2-10-26-23-27(18-17-25(26)9-1)39-30-12-3-5-14-32(30)40(33-15-6-4-13-31(33)39)28-19-21-37-35(24-28)41-38(43-37)22-20-34-29-11-7-8-16-36(29)44-42(34)41/h1-24,29,36H. The summed E-state index contributed by atoms with van der Waals surface area (Å²) in [5, 5.41) is 9.64. The third-order valence-electron chi connectivity index (χ3n) is 9.57. The number of hydrogen-bond donors (Lipinski definition) is 0. The van der Waals surface area contributed by atoms with E-state index in [0.29, 0.717) is 0 Å². The van der Waals surface area contributed by atoms with Crippen LogP contribution >= 0.6 is 0 Å². The van der Waals surface area contributed by atoms with Crippen LogP contribution in [0, 0.1) is 0 Å². The Morgan fingerprint density at radius 2 is 1.09 bits per heavy atom. The fourth-order valence-corrected chi connectivity index (χ4v) is 7.61. The Morgan fingerprint density at radius 1 is 0.477 bits per heavy atom. The van der Waals surface area contributed by atoms with Crippen molar-refractivity contribution >= 4 is 54.3 Å². The van der Waals surface area contributed by atoms with Crippen LogP contribution in [-0.2, 0) is 0 Å². The molecule has 44 heavy (non-hydrogen) atoms. The van der Waals surface area contributed by atoms with Crippen molar-refractivity contribution in [2.24, 2.45) is 0 Å². The van der Waals surface area contributed by atoms with Gasteiger partial charge in [0.25, 0.3) is 0 Å². The van der Waals surface area contributed by atoms with Gasteiger partial charge in [0.2, 0.25) is 0 Å². The van der Waals surface area contributed by atoms with E-state index in [-0.39, 0.29) is 12.0 Å². The topological polar surface area (TPSA) is 22.4 Å². The van der Waals surface area contributed by atoms with Crippen LogP contribution in [-0.4, -0.2) is 6.10 Å². The fraction of sp³-hybridized carbons (Fsp3) is 0.0476. The van der Waals surface area contributed by atoms with E-state index in [2.05, 4.69) is 146 Å². The Morgan fingerprint density at radius 3 is 1.84 bits per heavy atom. The Bertz CT molecular complexity index is 2490. The summed E-state index contributed by atoms with van der Waals surface area (Å²) >= 11 is 0. The molecule has 2 unspecified atom stereocenters. The molecule has 0 spiro atoms. The first kappa shape index (κ1) is 23.9. The highest BCUT2D eigenvalue weighted by molar-refractivity contribution is 6.22. The molecule has 2 heteroatoms. The van der Waals surface area contributed by atoms with E-state index in [1.165, 1.54) is 60.1 Å². The molecule has 2 atom stereocenters. The van der Waals surface area contributed by atoms with Gasteiger partial charge in [-0.1, -0.05) is 115 Å².